The molecule has 6 nitrogen and oxygen atoms in total. The maximum atomic E-state index is 13.3. The Morgan fingerprint density at radius 2 is 1.96 bits per heavy atom. The molecule has 4 rings (SSSR count). The van der Waals surface area contributed by atoms with E-state index in [1.54, 1.807) is 4.90 Å². The molecule has 2 aromatic heterocycles. The number of hydrogen-bond donors (Lipinski definition) is 0. The van der Waals surface area contributed by atoms with Crippen molar-refractivity contribution in [3.8, 4) is 11.1 Å². The van der Waals surface area contributed by atoms with E-state index in [4.69, 9.17) is 4.74 Å². The molecule has 7 heteroatoms. The highest BCUT2D eigenvalue weighted by atomic mass is 32.1. The van der Waals surface area contributed by atoms with Crippen LogP contribution in [0.1, 0.15) is 16.0 Å². The minimum atomic E-state index is -0.160. The van der Waals surface area contributed by atoms with Crippen LogP contribution >= 0.6 is 11.3 Å². The van der Waals surface area contributed by atoms with E-state index in [0.717, 1.165) is 27.1 Å². The van der Waals surface area contributed by atoms with Crippen molar-refractivity contribution < 1.29 is 9.53 Å². The molecule has 1 aromatic carbocycles. The van der Waals surface area contributed by atoms with Crippen LogP contribution < -0.4 is 5.56 Å². The van der Waals surface area contributed by atoms with Crippen molar-refractivity contribution in [2.45, 2.75) is 27.3 Å². The minimum Gasteiger partial charge on any atom is -0.378 e. The number of benzene rings is 1. The summed E-state index contributed by atoms with van der Waals surface area (Å²) in [6.07, 6.45) is 1.49. The van der Waals surface area contributed by atoms with E-state index < -0.39 is 0 Å². The molecule has 0 saturated carbocycles. The van der Waals surface area contributed by atoms with E-state index in [-0.39, 0.29) is 18.0 Å². The van der Waals surface area contributed by atoms with E-state index >= 15 is 0 Å². The van der Waals surface area contributed by atoms with Crippen molar-refractivity contribution in [2.24, 2.45) is 0 Å². The molecule has 0 radical (unpaired) electrons. The SMILES string of the molecule is Cc1ccc(C)c(-c2c(C)sc3ncn(CC(=O)N4CCOCC4)c(=O)c23)c1. The van der Waals surface area contributed by atoms with Crippen LogP contribution in [0.15, 0.2) is 29.3 Å². The monoisotopic (exact) mass is 397 g/mol. The van der Waals surface area contributed by atoms with Crippen LogP contribution in [-0.2, 0) is 16.1 Å². The van der Waals surface area contributed by atoms with Gasteiger partial charge < -0.3 is 9.64 Å². The van der Waals surface area contributed by atoms with E-state index in [0.29, 0.717) is 36.5 Å². The summed E-state index contributed by atoms with van der Waals surface area (Å²) in [7, 11) is 0. The molecule has 0 bridgehead atoms. The van der Waals surface area contributed by atoms with Gasteiger partial charge in [-0.15, -0.1) is 11.3 Å². The molecule has 0 unspecified atom stereocenters. The number of hydrogen-bond acceptors (Lipinski definition) is 5. The van der Waals surface area contributed by atoms with Crippen LogP contribution in [0, 0.1) is 20.8 Å². The third-order valence-electron chi connectivity index (χ3n) is 5.19. The molecular formula is C21H23N3O3S. The standard InChI is InChI=1S/C21H23N3O3S/c1-13-4-5-14(2)16(10-13)18-15(3)28-20-19(18)21(26)24(12-22-20)11-17(25)23-6-8-27-9-7-23/h4-5,10,12H,6-9,11H2,1-3H3. The second-order valence-corrected chi connectivity index (χ2v) is 8.41. The quantitative estimate of drug-likeness (QED) is 0.682. The second kappa shape index (κ2) is 7.48. The van der Waals surface area contributed by atoms with Crippen LogP contribution in [0.25, 0.3) is 21.3 Å². The Labute approximate surface area is 167 Å². The van der Waals surface area contributed by atoms with Crippen LogP contribution in [-0.4, -0.2) is 46.7 Å². The average molecular weight is 398 g/mol. The Hall–Kier alpha value is -2.51. The van der Waals surface area contributed by atoms with Gasteiger partial charge in [0.1, 0.15) is 11.4 Å². The predicted octanol–water partition coefficient (Wildman–Crippen LogP) is 2.91. The maximum Gasteiger partial charge on any atom is 0.263 e. The maximum absolute atomic E-state index is 13.3. The summed E-state index contributed by atoms with van der Waals surface area (Å²) in [5.74, 6) is -0.0770. The fourth-order valence-corrected chi connectivity index (χ4v) is 4.63. The number of aromatic nitrogens is 2. The Kier molecular flexibility index (Phi) is 5.03. The lowest BCUT2D eigenvalue weighted by atomic mass is 9.97. The summed E-state index contributed by atoms with van der Waals surface area (Å²) in [5, 5.41) is 0.605. The second-order valence-electron chi connectivity index (χ2n) is 7.20. The summed E-state index contributed by atoms with van der Waals surface area (Å²) in [5.41, 5.74) is 4.09. The van der Waals surface area contributed by atoms with Gasteiger partial charge in [0.15, 0.2) is 0 Å². The van der Waals surface area contributed by atoms with Crippen molar-refractivity contribution >= 4 is 27.5 Å². The number of rotatable bonds is 3. The number of nitrogens with zero attached hydrogens (tertiary/aromatic N) is 3. The van der Waals surface area contributed by atoms with Crippen LogP contribution in [0.5, 0.6) is 0 Å². The average Bonchev–Trinajstić information content (AvgIpc) is 3.03. The van der Waals surface area contributed by atoms with Crippen LogP contribution in [0.4, 0.5) is 0 Å². The number of aryl methyl sites for hydroxylation is 3. The van der Waals surface area contributed by atoms with Crippen LogP contribution in [0.3, 0.4) is 0 Å². The molecular weight excluding hydrogens is 374 g/mol. The van der Waals surface area contributed by atoms with Gasteiger partial charge in [0.2, 0.25) is 5.91 Å². The Balaban J connectivity index is 1.79. The van der Waals surface area contributed by atoms with Crippen LogP contribution in [0.2, 0.25) is 0 Å². The van der Waals surface area contributed by atoms with Gasteiger partial charge in [-0.25, -0.2) is 4.98 Å². The smallest absolute Gasteiger partial charge is 0.263 e. The summed E-state index contributed by atoms with van der Waals surface area (Å²) < 4.78 is 6.73. The molecule has 0 N–H and O–H groups in total. The molecule has 1 aliphatic rings. The molecule has 0 atom stereocenters. The number of morpholine rings is 1. The van der Waals surface area contributed by atoms with Gasteiger partial charge in [0, 0.05) is 23.5 Å². The summed E-state index contributed by atoms with van der Waals surface area (Å²) in [6.45, 7) is 8.33. The van der Waals surface area contributed by atoms with Gasteiger partial charge in [-0.05, 0) is 31.9 Å². The van der Waals surface area contributed by atoms with Crippen molar-refractivity contribution in [1.29, 1.82) is 0 Å². The molecule has 1 fully saturated rings. The molecule has 0 aliphatic carbocycles. The number of carbonyl (C=O) groups excluding carboxylic acids is 1. The lowest BCUT2D eigenvalue weighted by Crippen LogP contribution is -2.43. The minimum absolute atomic E-state index is 0.00288. The van der Waals surface area contributed by atoms with E-state index in [1.807, 2.05) is 13.8 Å². The number of amides is 1. The normalized spacial score (nSPS) is 14.6. The summed E-state index contributed by atoms with van der Waals surface area (Å²) >= 11 is 1.52. The van der Waals surface area contributed by atoms with Crippen molar-refractivity contribution in [2.75, 3.05) is 26.3 Å². The number of thiophene rings is 1. The summed E-state index contributed by atoms with van der Waals surface area (Å²) in [6, 6.07) is 6.25. The number of carbonyl (C=O) groups is 1. The third kappa shape index (κ3) is 3.36. The Bertz CT molecular complexity index is 1110. The molecule has 146 valence electrons. The van der Waals surface area contributed by atoms with E-state index in [1.165, 1.54) is 22.2 Å². The van der Waals surface area contributed by atoms with Gasteiger partial charge in [0.05, 0.1) is 24.9 Å². The van der Waals surface area contributed by atoms with Gasteiger partial charge in [0.25, 0.3) is 5.56 Å². The van der Waals surface area contributed by atoms with Gasteiger partial charge in [-0.2, -0.15) is 0 Å². The molecule has 1 amide bonds. The largest absolute Gasteiger partial charge is 0.378 e. The number of ether oxygens (including phenoxy) is 1. The lowest BCUT2D eigenvalue weighted by molar-refractivity contribution is -0.135. The fourth-order valence-electron chi connectivity index (χ4n) is 3.64. The first-order chi connectivity index (χ1) is 13.5. The van der Waals surface area contributed by atoms with E-state index in [9.17, 15) is 9.59 Å². The highest BCUT2D eigenvalue weighted by molar-refractivity contribution is 7.19. The first-order valence-electron chi connectivity index (χ1n) is 9.37. The van der Waals surface area contributed by atoms with Gasteiger partial charge in [-0.3, -0.25) is 14.2 Å². The molecule has 3 aromatic rings. The molecule has 0 spiro atoms. The Morgan fingerprint density at radius 3 is 2.71 bits per heavy atom. The van der Waals surface area contributed by atoms with E-state index in [2.05, 4.69) is 30.1 Å². The molecule has 28 heavy (non-hydrogen) atoms. The molecule has 3 heterocycles. The zero-order valence-corrected chi connectivity index (χ0v) is 17.1. The topological polar surface area (TPSA) is 64.4 Å². The zero-order valence-electron chi connectivity index (χ0n) is 16.3. The van der Waals surface area contributed by atoms with Crippen molar-refractivity contribution in [1.82, 2.24) is 14.5 Å². The number of fused-ring (bicyclic) bond motifs is 1. The molecule has 1 saturated heterocycles. The highest BCUT2D eigenvalue weighted by Crippen LogP contribution is 2.37. The van der Waals surface area contributed by atoms with Crippen molar-refractivity contribution in [3.63, 3.8) is 0 Å². The molecule has 1 aliphatic heterocycles. The lowest BCUT2D eigenvalue weighted by Gasteiger charge is -2.27. The Morgan fingerprint density at radius 1 is 1.21 bits per heavy atom. The fraction of sp³-hybridized carbons (Fsp3) is 0.381. The first kappa shape index (κ1) is 18.8. The first-order valence-corrected chi connectivity index (χ1v) is 10.2. The highest BCUT2D eigenvalue weighted by Gasteiger charge is 2.21. The summed E-state index contributed by atoms with van der Waals surface area (Å²) in [4.78, 5) is 33.9. The van der Waals surface area contributed by atoms with Gasteiger partial charge >= 0.3 is 0 Å². The zero-order chi connectivity index (χ0) is 19.8. The predicted molar refractivity (Wildman–Crippen MR) is 111 cm³/mol. The van der Waals surface area contributed by atoms with Crippen molar-refractivity contribution in [3.05, 3.63) is 50.9 Å². The van der Waals surface area contributed by atoms with Gasteiger partial charge in [-0.1, -0.05) is 23.8 Å². The third-order valence-corrected chi connectivity index (χ3v) is 6.20.